The quantitative estimate of drug-likeness (QED) is 0.864. The van der Waals surface area contributed by atoms with Crippen LogP contribution in [0.1, 0.15) is 25.5 Å². The van der Waals surface area contributed by atoms with E-state index < -0.39 is 5.41 Å². The van der Waals surface area contributed by atoms with Gasteiger partial charge in [-0.1, -0.05) is 19.9 Å². The molecule has 0 aliphatic carbocycles. The van der Waals surface area contributed by atoms with E-state index >= 15 is 0 Å². The molecule has 1 atom stereocenters. The van der Waals surface area contributed by atoms with Crippen LogP contribution in [0.3, 0.4) is 0 Å². The number of benzene rings is 1. The second kappa shape index (κ2) is 6.83. The van der Waals surface area contributed by atoms with E-state index in [0.717, 1.165) is 5.56 Å². The lowest BCUT2D eigenvalue weighted by atomic mass is 9.81. The molecule has 0 aliphatic rings. The van der Waals surface area contributed by atoms with E-state index in [-0.39, 0.29) is 25.1 Å². The largest absolute Gasteiger partial charge is 0.496 e. The summed E-state index contributed by atoms with van der Waals surface area (Å²) in [6.45, 7) is 3.81. The van der Waals surface area contributed by atoms with Crippen molar-refractivity contribution in [2.75, 3.05) is 20.8 Å². The Labute approximate surface area is 115 Å². The first-order chi connectivity index (χ1) is 7.97. The van der Waals surface area contributed by atoms with Gasteiger partial charge in [0.05, 0.1) is 19.8 Å². The molecule has 0 fully saturated rings. The molecule has 0 saturated carbocycles. The van der Waals surface area contributed by atoms with E-state index in [4.69, 9.17) is 15.2 Å². The van der Waals surface area contributed by atoms with Crippen LogP contribution >= 0.6 is 12.4 Å². The standard InChI is InChI=1S/C13H21NO3.ClH/c1-13(2,8-15)12(14)11-9(16-3)6-5-7-10(11)17-4;/h5-7,12,15H,8,14H2,1-4H3;1H/t12-;/m1./s1. The number of hydrogen-bond donors (Lipinski definition) is 2. The van der Waals surface area contributed by atoms with Crippen molar-refractivity contribution >= 4 is 12.4 Å². The van der Waals surface area contributed by atoms with Crippen LogP contribution in [0.25, 0.3) is 0 Å². The van der Waals surface area contributed by atoms with E-state index in [1.165, 1.54) is 0 Å². The van der Waals surface area contributed by atoms with Crippen molar-refractivity contribution in [3.05, 3.63) is 23.8 Å². The third kappa shape index (κ3) is 3.28. The summed E-state index contributed by atoms with van der Waals surface area (Å²) in [5.74, 6) is 1.36. The maximum atomic E-state index is 9.39. The molecule has 5 heteroatoms. The lowest BCUT2D eigenvalue weighted by Crippen LogP contribution is -2.33. The van der Waals surface area contributed by atoms with Gasteiger partial charge in [-0.05, 0) is 12.1 Å². The zero-order chi connectivity index (χ0) is 13.1. The topological polar surface area (TPSA) is 64.7 Å². The van der Waals surface area contributed by atoms with Crippen molar-refractivity contribution in [2.24, 2.45) is 11.1 Å². The van der Waals surface area contributed by atoms with Gasteiger partial charge in [-0.2, -0.15) is 0 Å². The summed E-state index contributed by atoms with van der Waals surface area (Å²) in [7, 11) is 3.19. The van der Waals surface area contributed by atoms with Crippen molar-refractivity contribution in [3.8, 4) is 11.5 Å². The van der Waals surface area contributed by atoms with Crippen LogP contribution in [-0.4, -0.2) is 25.9 Å². The summed E-state index contributed by atoms with van der Waals surface area (Å²) in [6.07, 6.45) is 0. The van der Waals surface area contributed by atoms with Crippen LogP contribution in [0.5, 0.6) is 11.5 Å². The number of halogens is 1. The number of hydrogen-bond acceptors (Lipinski definition) is 4. The van der Waals surface area contributed by atoms with Crippen LogP contribution in [0, 0.1) is 5.41 Å². The fourth-order valence-electron chi connectivity index (χ4n) is 1.68. The number of methoxy groups -OCH3 is 2. The highest BCUT2D eigenvalue weighted by Gasteiger charge is 2.31. The van der Waals surface area contributed by atoms with Crippen LogP contribution in [-0.2, 0) is 0 Å². The Morgan fingerprint density at radius 2 is 1.67 bits per heavy atom. The van der Waals surface area contributed by atoms with Crippen molar-refractivity contribution in [2.45, 2.75) is 19.9 Å². The molecule has 0 amide bonds. The third-order valence-corrected chi connectivity index (χ3v) is 3.03. The first-order valence-corrected chi connectivity index (χ1v) is 5.55. The van der Waals surface area contributed by atoms with Gasteiger partial charge in [0.25, 0.3) is 0 Å². The van der Waals surface area contributed by atoms with Crippen molar-refractivity contribution in [3.63, 3.8) is 0 Å². The lowest BCUT2D eigenvalue weighted by molar-refractivity contribution is 0.129. The molecule has 0 heterocycles. The SMILES string of the molecule is COc1cccc(OC)c1[C@@H](N)C(C)(C)CO.Cl. The number of nitrogens with two attached hydrogens (primary N) is 1. The summed E-state index contributed by atoms with van der Waals surface area (Å²) < 4.78 is 10.6. The predicted octanol–water partition coefficient (Wildman–Crippen LogP) is 2.14. The van der Waals surface area contributed by atoms with Gasteiger partial charge >= 0.3 is 0 Å². The average Bonchev–Trinajstić information content (AvgIpc) is 2.36. The number of aliphatic hydroxyl groups excluding tert-OH is 1. The van der Waals surface area contributed by atoms with Crippen molar-refractivity contribution in [1.82, 2.24) is 0 Å². The Morgan fingerprint density at radius 1 is 1.22 bits per heavy atom. The minimum atomic E-state index is -0.443. The van der Waals surface area contributed by atoms with Gasteiger partial charge < -0.3 is 20.3 Å². The molecule has 4 nitrogen and oxygen atoms in total. The molecule has 1 aromatic carbocycles. The minimum absolute atomic E-state index is 0. The fourth-order valence-corrected chi connectivity index (χ4v) is 1.68. The van der Waals surface area contributed by atoms with E-state index in [0.29, 0.717) is 11.5 Å². The second-order valence-corrected chi connectivity index (χ2v) is 4.70. The summed E-state index contributed by atoms with van der Waals surface area (Å²) in [6, 6.07) is 5.16. The Hall–Kier alpha value is -0.970. The Balaban J connectivity index is 0.00000289. The molecule has 0 bridgehead atoms. The molecule has 0 spiro atoms. The molecule has 18 heavy (non-hydrogen) atoms. The van der Waals surface area contributed by atoms with E-state index in [9.17, 15) is 5.11 Å². The predicted molar refractivity (Wildman–Crippen MR) is 74.6 cm³/mol. The van der Waals surface area contributed by atoms with Gasteiger partial charge in [0.15, 0.2) is 0 Å². The smallest absolute Gasteiger partial charge is 0.127 e. The normalized spacial score (nSPS) is 12.6. The minimum Gasteiger partial charge on any atom is -0.496 e. The molecule has 1 aromatic rings. The second-order valence-electron chi connectivity index (χ2n) is 4.70. The van der Waals surface area contributed by atoms with E-state index in [1.54, 1.807) is 14.2 Å². The van der Waals surface area contributed by atoms with Crippen LogP contribution in [0.4, 0.5) is 0 Å². The van der Waals surface area contributed by atoms with Crippen molar-refractivity contribution < 1.29 is 14.6 Å². The molecule has 0 unspecified atom stereocenters. The number of ether oxygens (including phenoxy) is 2. The molecular weight excluding hydrogens is 254 g/mol. The van der Waals surface area contributed by atoms with Crippen molar-refractivity contribution in [1.29, 1.82) is 0 Å². The van der Waals surface area contributed by atoms with Gasteiger partial charge in [0.2, 0.25) is 0 Å². The van der Waals surface area contributed by atoms with Gasteiger partial charge in [0.1, 0.15) is 11.5 Å². The van der Waals surface area contributed by atoms with Gasteiger partial charge in [-0.15, -0.1) is 12.4 Å². The number of aliphatic hydroxyl groups is 1. The highest BCUT2D eigenvalue weighted by atomic mass is 35.5. The molecule has 104 valence electrons. The molecule has 3 N–H and O–H groups in total. The molecule has 0 radical (unpaired) electrons. The average molecular weight is 276 g/mol. The molecule has 1 rings (SSSR count). The first-order valence-electron chi connectivity index (χ1n) is 5.55. The first kappa shape index (κ1) is 17.0. The third-order valence-electron chi connectivity index (χ3n) is 3.03. The van der Waals surface area contributed by atoms with Gasteiger partial charge in [0, 0.05) is 18.1 Å². The van der Waals surface area contributed by atoms with Gasteiger partial charge in [-0.3, -0.25) is 0 Å². The van der Waals surface area contributed by atoms with Crippen LogP contribution in [0.2, 0.25) is 0 Å². The van der Waals surface area contributed by atoms with E-state index in [1.807, 2.05) is 32.0 Å². The summed E-state index contributed by atoms with van der Waals surface area (Å²) in [4.78, 5) is 0. The highest BCUT2D eigenvalue weighted by molar-refractivity contribution is 5.85. The fraction of sp³-hybridized carbons (Fsp3) is 0.538. The Morgan fingerprint density at radius 3 is 2.00 bits per heavy atom. The highest BCUT2D eigenvalue weighted by Crippen LogP contribution is 2.40. The molecule has 0 aliphatic heterocycles. The van der Waals surface area contributed by atoms with Crippen LogP contribution < -0.4 is 15.2 Å². The summed E-state index contributed by atoms with van der Waals surface area (Å²) in [5, 5.41) is 9.39. The van der Waals surface area contributed by atoms with Gasteiger partial charge in [-0.25, -0.2) is 0 Å². The van der Waals surface area contributed by atoms with Crippen LogP contribution in [0.15, 0.2) is 18.2 Å². The maximum absolute atomic E-state index is 9.39. The summed E-state index contributed by atoms with van der Waals surface area (Å²) in [5.41, 5.74) is 6.56. The Bertz CT molecular complexity index is 360. The lowest BCUT2D eigenvalue weighted by Gasteiger charge is -2.31. The van der Waals surface area contributed by atoms with E-state index in [2.05, 4.69) is 0 Å². The number of rotatable bonds is 5. The summed E-state index contributed by atoms with van der Waals surface area (Å²) >= 11 is 0. The zero-order valence-electron chi connectivity index (χ0n) is 11.3. The molecule has 0 saturated heterocycles. The maximum Gasteiger partial charge on any atom is 0.127 e. The zero-order valence-corrected chi connectivity index (χ0v) is 12.1. The Kier molecular flexibility index (Phi) is 6.46. The molecular formula is C13H22ClNO3. The monoisotopic (exact) mass is 275 g/mol. The molecule has 0 aromatic heterocycles.